The number of halogens is 6. The number of hydrogen-bond acceptors (Lipinski definition) is 6. The van der Waals surface area contributed by atoms with Crippen molar-refractivity contribution in [1.29, 1.82) is 0 Å². The van der Waals surface area contributed by atoms with Crippen LogP contribution in [0.25, 0.3) is 22.1 Å². The summed E-state index contributed by atoms with van der Waals surface area (Å²) < 4.78 is 103. The van der Waals surface area contributed by atoms with Gasteiger partial charge < -0.3 is 18.6 Å². The Kier molecular flexibility index (Phi) is 9.17. The second-order valence-electron chi connectivity index (χ2n) is 10.6. The molecule has 1 aliphatic carbocycles. The molecule has 0 saturated heterocycles. The van der Waals surface area contributed by atoms with Crippen LogP contribution in [0, 0.1) is 5.41 Å². The molecule has 3 aromatic rings. The van der Waals surface area contributed by atoms with E-state index in [1.165, 1.54) is 36.4 Å². The van der Waals surface area contributed by atoms with Crippen molar-refractivity contribution in [1.82, 2.24) is 0 Å². The quantitative estimate of drug-likeness (QED) is 0.0754. The average Bonchev–Trinajstić information content (AvgIpc) is 3.23. The molecule has 0 bridgehead atoms. The summed E-state index contributed by atoms with van der Waals surface area (Å²) in [6, 6.07) is 9.55. The first-order chi connectivity index (χ1) is 20.2. The molecule has 43 heavy (non-hydrogen) atoms. The molecule has 0 N–H and O–H groups in total. The molecule has 2 aromatic carbocycles. The fourth-order valence-electron chi connectivity index (χ4n) is 5.28. The second kappa shape index (κ2) is 12.3. The van der Waals surface area contributed by atoms with Gasteiger partial charge in [0.1, 0.15) is 34.7 Å². The first-order valence-electron chi connectivity index (χ1n) is 13.7. The van der Waals surface area contributed by atoms with Gasteiger partial charge in [-0.2, -0.15) is 13.2 Å². The van der Waals surface area contributed by atoms with Gasteiger partial charge in [-0.05, 0) is 62.4 Å². The molecule has 12 heteroatoms. The number of carbonyl (C=O) groups is 1. The summed E-state index contributed by atoms with van der Waals surface area (Å²) in [7, 11) is 0. The van der Waals surface area contributed by atoms with Crippen molar-refractivity contribution in [3.05, 3.63) is 71.1 Å². The SMILES string of the molecule is C=CC(=O)OC1CCC(Oc2ccc3cc(-c4ccc(CCCCC)cc4OC(F)(F)F)c(=O)oc3c2)C1(C)C(F)(F)F. The van der Waals surface area contributed by atoms with Crippen molar-refractivity contribution < 1.29 is 49.8 Å². The maximum atomic E-state index is 14.2. The molecule has 0 amide bonds. The fourth-order valence-corrected chi connectivity index (χ4v) is 5.28. The van der Waals surface area contributed by atoms with Gasteiger partial charge in [0.15, 0.2) is 0 Å². The van der Waals surface area contributed by atoms with E-state index >= 15 is 0 Å². The topological polar surface area (TPSA) is 75.0 Å². The number of rotatable bonds is 10. The number of unbranched alkanes of at least 4 members (excludes halogenated alkanes) is 2. The van der Waals surface area contributed by atoms with Crippen molar-refractivity contribution in [3.63, 3.8) is 0 Å². The largest absolute Gasteiger partial charge is 0.573 e. The van der Waals surface area contributed by atoms with Crippen LogP contribution >= 0.6 is 0 Å². The Morgan fingerprint density at radius 1 is 1.02 bits per heavy atom. The molecule has 0 radical (unpaired) electrons. The number of hydrogen-bond donors (Lipinski definition) is 0. The van der Waals surface area contributed by atoms with Gasteiger partial charge in [-0.25, -0.2) is 9.59 Å². The van der Waals surface area contributed by atoms with Crippen LogP contribution in [0.4, 0.5) is 26.3 Å². The highest BCUT2D eigenvalue weighted by Gasteiger charge is 2.66. The highest BCUT2D eigenvalue weighted by Crippen LogP contribution is 2.53. The van der Waals surface area contributed by atoms with E-state index in [1.807, 2.05) is 6.92 Å². The summed E-state index contributed by atoms with van der Waals surface area (Å²) in [5.41, 5.74) is -3.27. The molecule has 1 saturated carbocycles. The number of aryl methyl sites for hydroxylation is 1. The van der Waals surface area contributed by atoms with Crippen molar-refractivity contribution in [3.8, 4) is 22.6 Å². The predicted molar refractivity (Wildman–Crippen MR) is 146 cm³/mol. The van der Waals surface area contributed by atoms with Crippen LogP contribution in [0.2, 0.25) is 0 Å². The number of carbonyl (C=O) groups excluding carboxylic acids is 1. The number of alkyl halides is 6. The van der Waals surface area contributed by atoms with E-state index in [4.69, 9.17) is 13.9 Å². The lowest BCUT2D eigenvalue weighted by Crippen LogP contribution is -2.51. The average molecular weight is 613 g/mol. The monoisotopic (exact) mass is 612 g/mol. The summed E-state index contributed by atoms with van der Waals surface area (Å²) in [4.78, 5) is 24.6. The fraction of sp³-hybridized carbons (Fsp3) is 0.419. The molecule has 0 spiro atoms. The lowest BCUT2D eigenvalue weighted by molar-refractivity contribution is -0.274. The zero-order chi connectivity index (χ0) is 31.6. The van der Waals surface area contributed by atoms with Crippen molar-refractivity contribution >= 4 is 16.9 Å². The maximum absolute atomic E-state index is 14.2. The third kappa shape index (κ3) is 7.00. The van der Waals surface area contributed by atoms with E-state index in [2.05, 4.69) is 11.3 Å². The maximum Gasteiger partial charge on any atom is 0.573 e. The Balaban J connectivity index is 1.66. The molecular weight excluding hydrogens is 582 g/mol. The molecular formula is C31H30F6O6. The van der Waals surface area contributed by atoms with Gasteiger partial charge in [0.25, 0.3) is 0 Å². The predicted octanol–water partition coefficient (Wildman–Crippen LogP) is 8.30. The van der Waals surface area contributed by atoms with Crippen LogP contribution in [0.5, 0.6) is 11.5 Å². The molecule has 3 unspecified atom stereocenters. The van der Waals surface area contributed by atoms with Gasteiger partial charge in [0.2, 0.25) is 0 Å². The minimum atomic E-state index is -5.01. The smallest absolute Gasteiger partial charge is 0.489 e. The molecule has 1 aromatic heterocycles. The molecule has 6 nitrogen and oxygen atoms in total. The molecule has 3 atom stereocenters. The van der Waals surface area contributed by atoms with E-state index in [9.17, 15) is 35.9 Å². The van der Waals surface area contributed by atoms with Crippen LogP contribution in [-0.2, 0) is 16.0 Å². The van der Waals surface area contributed by atoms with Crippen molar-refractivity contribution in [2.45, 2.75) is 77.1 Å². The minimum Gasteiger partial charge on any atom is -0.489 e. The summed E-state index contributed by atoms with van der Waals surface area (Å²) in [6.45, 7) is 6.13. The van der Waals surface area contributed by atoms with E-state index in [0.717, 1.165) is 32.3 Å². The van der Waals surface area contributed by atoms with Gasteiger partial charge >= 0.3 is 24.1 Å². The summed E-state index contributed by atoms with van der Waals surface area (Å²) in [5.74, 6) is -1.58. The summed E-state index contributed by atoms with van der Waals surface area (Å²) in [6.07, 6.45) is -9.00. The Morgan fingerprint density at radius 2 is 1.74 bits per heavy atom. The lowest BCUT2D eigenvalue weighted by Gasteiger charge is -2.37. The second-order valence-corrected chi connectivity index (χ2v) is 10.6. The van der Waals surface area contributed by atoms with Gasteiger partial charge in [-0.15, -0.1) is 13.2 Å². The van der Waals surface area contributed by atoms with E-state index in [1.54, 1.807) is 6.07 Å². The third-order valence-corrected chi connectivity index (χ3v) is 7.68. The van der Waals surface area contributed by atoms with Gasteiger partial charge in [0, 0.05) is 23.1 Å². The molecule has 1 heterocycles. The van der Waals surface area contributed by atoms with Crippen LogP contribution in [0.15, 0.2) is 64.3 Å². The van der Waals surface area contributed by atoms with E-state index in [-0.39, 0.29) is 40.7 Å². The summed E-state index contributed by atoms with van der Waals surface area (Å²) in [5, 5.41) is 0.287. The van der Waals surface area contributed by atoms with Gasteiger partial charge in [-0.1, -0.05) is 38.5 Å². The Bertz CT molecular complexity index is 1540. The normalized spacial score (nSPS) is 20.7. The Hall–Kier alpha value is -3.96. The third-order valence-electron chi connectivity index (χ3n) is 7.68. The van der Waals surface area contributed by atoms with Crippen molar-refractivity contribution in [2.75, 3.05) is 0 Å². The zero-order valence-electron chi connectivity index (χ0n) is 23.4. The highest BCUT2D eigenvalue weighted by atomic mass is 19.4. The molecule has 0 aliphatic heterocycles. The molecule has 1 aliphatic rings. The standard InChI is InChI=1S/C31H30F6O6/c1-4-6-7-8-18-9-12-21(24(15-18)43-31(35,36)37)22-16-19-10-11-20(17-23(19)41-28(22)39)40-25-13-14-26(42-27(38)5-2)29(25,3)30(32,33)34/h5,9-12,15-17,25-26H,2,4,6-8,13-14H2,1,3H3. The molecule has 4 rings (SSSR count). The molecule has 232 valence electrons. The minimum absolute atomic E-state index is 0.0444. The van der Waals surface area contributed by atoms with Crippen LogP contribution in [-0.4, -0.2) is 30.7 Å². The zero-order valence-corrected chi connectivity index (χ0v) is 23.4. The van der Waals surface area contributed by atoms with Crippen molar-refractivity contribution in [2.24, 2.45) is 5.41 Å². The van der Waals surface area contributed by atoms with Gasteiger partial charge in [0.05, 0.1) is 5.56 Å². The van der Waals surface area contributed by atoms with Crippen LogP contribution < -0.4 is 15.1 Å². The molecule has 1 fully saturated rings. The number of benzene rings is 2. The Morgan fingerprint density at radius 3 is 2.40 bits per heavy atom. The number of fused-ring (bicyclic) bond motifs is 1. The lowest BCUT2D eigenvalue weighted by atomic mass is 9.83. The van der Waals surface area contributed by atoms with Crippen LogP contribution in [0.1, 0.15) is 51.5 Å². The van der Waals surface area contributed by atoms with E-state index < -0.39 is 47.5 Å². The van der Waals surface area contributed by atoms with E-state index in [0.29, 0.717) is 12.0 Å². The van der Waals surface area contributed by atoms with Crippen LogP contribution in [0.3, 0.4) is 0 Å². The summed E-state index contributed by atoms with van der Waals surface area (Å²) >= 11 is 0. The first-order valence-corrected chi connectivity index (χ1v) is 13.7. The first kappa shape index (κ1) is 32.0. The number of esters is 1. The Labute approximate surface area is 243 Å². The van der Waals surface area contributed by atoms with Gasteiger partial charge in [-0.3, -0.25) is 0 Å². The highest BCUT2D eigenvalue weighted by molar-refractivity contribution is 5.84. The number of ether oxygens (including phenoxy) is 3.